The van der Waals surface area contributed by atoms with E-state index < -0.39 is 0 Å². The number of hydrogen-bond acceptors (Lipinski definition) is 3. The maximum Gasteiger partial charge on any atom is 0.133 e. The van der Waals surface area contributed by atoms with E-state index in [0.29, 0.717) is 23.0 Å². The van der Waals surface area contributed by atoms with Crippen molar-refractivity contribution >= 4 is 0 Å². The van der Waals surface area contributed by atoms with Crippen LogP contribution in [0.2, 0.25) is 0 Å². The van der Waals surface area contributed by atoms with Crippen molar-refractivity contribution in [3.05, 3.63) is 29.3 Å². The number of hydrogen-bond donors (Lipinski definition) is 1. The zero-order valence-corrected chi connectivity index (χ0v) is 16.0. The van der Waals surface area contributed by atoms with E-state index >= 15 is 0 Å². The van der Waals surface area contributed by atoms with E-state index in [1.807, 2.05) is 12.1 Å². The SMILES string of the molecule is CC(C)CCC1CC2(CC3c4ccc(O)cc4CCC13C)OOC2C. The van der Waals surface area contributed by atoms with Crippen LogP contribution in [-0.4, -0.2) is 16.8 Å². The van der Waals surface area contributed by atoms with Crippen LogP contribution in [0.25, 0.3) is 0 Å². The van der Waals surface area contributed by atoms with Crippen LogP contribution in [-0.2, 0) is 16.2 Å². The second kappa shape index (κ2) is 5.99. The van der Waals surface area contributed by atoms with Gasteiger partial charge in [0.15, 0.2) is 0 Å². The summed E-state index contributed by atoms with van der Waals surface area (Å²) in [5.41, 5.74) is 2.97. The van der Waals surface area contributed by atoms with Crippen molar-refractivity contribution < 1.29 is 14.9 Å². The lowest BCUT2D eigenvalue weighted by Gasteiger charge is -2.60. The lowest BCUT2D eigenvalue weighted by Crippen LogP contribution is -2.62. The second-order valence-corrected chi connectivity index (χ2v) is 9.40. The number of phenolic OH excluding ortho intramolecular Hbond substituents is 1. The summed E-state index contributed by atoms with van der Waals surface area (Å²) < 4.78 is 0. The molecule has 3 nitrogen and oxygen atoms in total. The molecule has 138 valence electrons. The highest BCUT2D eigenvalue weighted by Gasteiger charge is 2.61. The van der Waals surface area contributed by atoms with Gasteiger partial charge in [0.1, 0.15) is 17.5 Å². The third kappa shape index (κ3) is 2.71. The molecule has 0 aromatic heterocycles. The molecule has 1 spiro atoms. The van der Waals surface area contributed by atoms with Gasteiger partial charge < -0.3 is 5.11 Å². The highest BCUT2D eigenvalue weighted by molar-refractivity contribution is 5.41. The normalized spacial score (nSPS) is 39.8. The van der Waals surface area contributed by atoms with E-state index in [1.54, 1.807) is 0 Å². The molecule has 0 amide bonds. The van der Waals surface area contributed by atoms with Crippen molar-refractivity contribution in [1.82, 2.24) is 0 Å². The van der Waals surface area contributed by atoms with Crippen molar-refractivity contribution in [2.45, 2.75) is 83.8 Å². The molecular weight excluding hydrogens is 312 g/mol. The Labute approximate surface area is 151 Å². The molecule has 3 heteroatoms. The first-order valence-electron chi connectivity index (χ1n) is 10.0. The van der Waals surface area contributed by atoms with Gasteiger partial charge in [0.25, 0.3) is 0 Å². The third-order valence-corrected chi connectivity index (χ3v) is 7.50. The summed E-state index contributed by atoms with van der Waals surface area (Å²) in [6.45, 7) is 9.31. The van der Waals surface area contributed by atoms with E-state index in [-0.39, 0.29) is 11.7 Å². The quantitative estimate of drug-likeness (QED) is 0.750. The van der Waals surface area contributed by atoms with Crippen LogP contribution in [0.1, 0.15) is 76.8 Å². The fraction of sp³-hybridized carbons (Fsp3) is 0.727. The Bertz CT molecular complexity index is 655. The van der Waals surface area contributed by atoms with Crippen LogP contribution in [0, 0.1) is 17.3 Å². The van der Waals surface area contributed by atoms with E-state index in [0.717, 1.165) is 25.2 Å². The third-order valence-electron chi connectivity index (χ3n) is 7.50. The number of benzene rings is 1. The molecule has 2 fully saturated rings. The van der Waals surface area contributed by atoms with Gasteiger partial charge in [-0.2, -0.15) is 0 Å². The molecule has 2 aliphatic carbocycles. The Hall–Kier alpha value is -1.06. The van der Waals surface area contributed by atoms with Crippen molar-refractivity contribution in [2.75, 3.05) is 0 Å². The van der Waals surface area contributed by atoms with Crippen LogP contribution >= 0.6 is 0 Å². The molecule has 1 saturated heterocycles. The van der Waals surface area contributed by atoms with Crippen molar-refractivity contribution in [3.8, 4) is 5.75 Å². The van der Waals surface area contributed by atoms with Crippen LogP contribution < -0.4 is 0 Å². The molecule has 1 aliphatic heterocycles. The average Bonchev–Trinajstić information content (AvgIpc) is 2.58. The van der Waals surface area contributed by atoms with Gasteiger partial charge in [-0.15, -0.1) is 0 Å². The summed E-state index contributed by atoms with van der Waals surface area (Å²) in [5.74, 6) is 2.29. The standard InChI is InChI=1S/C22H32O3/c1-14(2)5-6-17-12-22(15(3)24-25-22)13-20-19-8-7-18(23)11-16(19)9-10-21(17,20)4/h7-8,11,14-15,17,20,23H,5-6,9-10,12-13H2,1-4H3. The topological polar surface area (TPSA) is 38.7 Å². The van der Waals surface area contributed by atoms with Gasteiger partial charge in [0.05, 0.1) is 0 Å². The Kier molecular flexibility index (Phi) is 4.16. The minimum Gasteiger partial charge on any atom is -0.508 e. The van der Waals surface area contributed by atoms with Crippen LogP contribution in [0.15, 0.2) is 18.2 Å². The van der Waals surface area contributed by atoms with Gasteiger partial charge >= 0.3 is 0 Å². The van der Waals surface area contributed by atoms with E-state index in [4.69, 9.17) is 9.78 Å². The molecule has 1 aromatic rings. The fourth-order valence-electron chi connectivity index (χ4n) is 5.64. The van der Waals surface area contributed by atoms with Gasteiger partial charge in [-0.3, -0.25) is 0 Å². The van der Waals surface area contributed by atoms with Gasteiger partial charge in [0, 0.05) is 0 Å². The summed E-state index contributed by atoms with van der Waals surface area (Å²) in [5, 5.41) is 9.90. The highest BCUT2D eigenvalue weighted by Crippen LogP contribution is 2.63. The van der Waals surface area contributed by atoms with Crippen molar-refractivity contribution in [1.29, 1.82) is 0 Å². The number of phenols is 1. The molecule has 1 heterocycles. The molecule has 1 aromatic carbocycles. The summed E-state index contributed by atoms with van der Waals surface area (Å²) in [6.07, 6.45) is 7.19. The van der Waals surface area contributed by atoms with Crippen molar-refractivity contribution in [3.63, 3.8) is 0 Å². The monoisotopic (exact) mass is 344 g/mol. The Balaban J connectivity index is 1.71. The summed E-state index contributed by atoms with van der Waals surface area (Å²) in [7, 11) is 0. The van der Waals surface area contributed by atoms with Crippen LogP contribution in [0.4, 0.5) is 0 Å². The first kappa shape index (κ1) is 17.4. The molecular formula is C22H32O3. The highest BCUT2D eigenvalue weighted by atomic mass is 17.3. The molecule has 4 rings (SSSR count). The predicted octanol–water partition coefficient (Wildman–Crippen LogP) is 5.36. The van der Waals surface area contributed by atoms with Gasteiger partial charge in [-0.25, -0.2) is 9.78 Å². The lowest BCUT2D eigenvalue weighted by atomic mass is 9.49. The van der Waals surface area contributed by atoms with Crippen LogP contribution in [0.3, 0.4) is 0 Å². The largest absolute Gasteiger partial charge is 0.508 e. The smallest absolute Gasteiger partial charge is 0.133 e. The van der Waals surface area contributed by atoms with E-state index in [2.05, 4.69) is 33.8 Å². The van der Waals surface area contributed by atoms with E-state index in [9.17, 15) is 5.11 Å². The fourth-order valence-corrected chi connectivity index (χ4v) is 5.64. The Morgan fingerprint density at radius 1 is 1.28 bits per heavy atom. The molecule has 0 bridgehead atoms. The molecule has 3 aliphatic rings. The number of aryl methyl sites for hydroxylation is 1. The zero-order chi connectivity index (χ0) is 17.8. The van der Waals surface area contributed by atoms with Crippen LogP contribution in [0.5, 0.6) is 5.75 Å². The molecule has 1 N–H and O–H groups in total. The average molecular weight is 344 g/mol. The Morgan fingerprint density at radius 3 is 2.72 bits per heavy atom. The summed E-state index contributed by atoms with van der Waals surface area (Å²) in [6, 6.07) is 5.99. The number of rotatable bonds is 3. The number of fused-ring (bicyclic) bond motifs is 3. The maximum atomic E-state index is 9.90. The number of aromatic hydroxyl groups is 1. The minimum atomic E-state index is -0.113. The molecule has 1 saturated carbocycles. The minimum absolute atomic E-state index is 0.113. The molecule has 25 heavy (non-hydrogen) atoms. The first-order valence-corrected chi connectivity index (χ1v) is 10.0. The summed E-state index contributed by atoms with van der Waals surface area (Å²) in [4.78, 5) is 11.2. The molecule has 0 radical (unpaired) electrons. The van der Waals surface area contributed by atoms with Gasteiger partial charge in [0.2, 0.25) is 0 Å². The molecule has 5 atom stereocenters. The van der Waals surface area contributed by atoms with Gasteiger partial charge in [-0.1, -0.05) is 33.3 Å². The maximum absolute atomic E-state index is 9.90. The first-order chi connectivity index (χ1) is 11.8. The van der Waals surface area contributed by atoms with Gasteiger partial charge in [-0.05, 0) is 85.5 Å². The van der Waals surface area contributed by atoms with E-state index in [1.165, 1.54) is 30.4 Å². The zero-order valence-electron chi connectivity index (χ0n) is 16.0. The second-order valence-electron chi connectivity index (χ2n) is 9.40. The lowest BCUT2D eigenvalue weighted by molar-refractivity contribution is -0.516. The Morgan fingerprint density at radius 2 is 2.08 bits per heavy atom. The predicted molar refractivity (Wildman–Crippen MR) is 98.4 cm³/mol. The molecule has 5 unspecified atom stereocenters. The van der Waals surface area contributed by atoms with Crippen molar-refractivity contribution in [2.24, 2.45) is 17.3 Å². The summed E-state index contributed by atoms with van der Waals surface area (Å²) >= 11 is 0.